The Morgan fingerprint density at radius 3 is 2.31 bits per heavy atom. The van der Waals surface area contributed by atoms with Crippen molar-refractivity contribution in [1.29, 1.82) is 0 Å². The molecule has 0 saturated heterocycles. The minimum absolute atomic E-state index is 0.0445. The number of fused-ring (bicyclic) bond motifs is 1. The summed E-state index contributed by atoms with van der Waals surface area (Å²) in [5, 5.41) is 21.4. The van der Waals surface area contributed by atoms with E-state index in [2.05, 4.69) is 0 Å². The van der Waals surface area contributed by atoms with Crippen LogP contribution in [-0.2, 0) is 12.0 Å². The van der Waals surface area contributed by atoms with Gasteiger partial charge in [0.25, 0.3) is 0 Å². The standard InChI is InChI=1S/C24H25F4NO3/c1-14-6-5-7-18-20(14)21(31)15(2)11-29(18)13-23(32,24(26,27)28)12-22(3,4)17-10-16(25)8-9-19(17)30/h5-11,30,32H,12-13H2,1-4H3. The van der Waals surface area contributed by atoms with Crippen LogP contribution in [0.2, 0.25) is 0 Å². The van der Waals surface area contributed by atoms with Gasteiger partial charge in [0.05, 0.1) is 12.1 Å². The van der Waals surface area contributed by atoms with Gasteiger partial charge >= 0.3 is 6.18 Å². The molecule has 0 aliphatic carbocycles. The van der Waals surface area contributed by atoms with Crippen molar-refractivity contribution >= 4 is 10.9 Å². The molecule has 1 atom stereocenters. The lowest BCUT2D eigenvalue weighted by Gasteiger charge is -2.38. The molecule has 0 amide bonds. The average Bonchev–Trinajstić information content (AvgIpc) is 2.66. The minimum atomic E-state index is -5.04. The molecule has 2 N–H and O–H groups in total. The second kappa shape index (κ2) is 7.92. The zero-order valence-corrected chi connectivity index (χ0v) is 18.2. The van der Waals surface area contributed by atoms with Gasteiger partial charge in [-0.15, -0.1) is 0 Å². The first kappa shape index (κ1) is 23.8. The fourth-order valence-electron chi connectivity index (χ4n) is 4.28. The molecule has 0 aliphatic rings. The predicted octanol–water partition coefficient (Wildman–Crippen LogP) is 5.12. The Morgan fingerprint density at radius 1 is 1.03 bits per heavy atom. The number of halogens is 4. The summed E-state index contributed by atoms with van der Waals surface area (Å²) in [6, 6.07) is 7.89. The van der Waals surface area contributed by atoms with E-state index in [1.807, 2.05) is 0 Å². The van der Waals surface area contributed by atoms with E-state index in [0.717, 1.165) is 18.2 Å². The van der Waals surface area contributed by atoms with Gasteiger partial charge in [0.2, 0.25) is 0 Å². The molecule has 3 aromatic rings. The molecule has 1 unspecified atom stereocenters. The van der Waals surface area contributed by atoms with Gasteiger partial charge in [-0.3, -0.25) is 4.79 Å². The number of pyridine rings is 1. The second-order valence-electron chi connectivity index (χ2n) is 8.99. The van der Waals surface area contributed by atoms with Crippen LogP contribution in [0.25, 0.3) is 10.9 Å². The molecule has 0 spiro atoms. The van der Waals surface area contributed by atoms with Gasteiger partial charge in [-0.25, -0.2) is 4.39 Å². The molecular formula is C24H25F4NO3. The number of benzene rings is 2. The fourth-order valence-corrected chi connectivity index (χ4v) is 4.28. The van der Waals surface area contributed by atoms with Crippen molar-refractivity contribution in [3.05, 3.63) is 75.3 Å². The second-order valence-corrected chi connectivity index (χ2v) is 8.99. The number of hydrogen-bond acceptors (Lipinski definition) is 3. The molecule has 0 bridgehead atoms. The van der Waals surface area contributed by atoms with Crippen LogP contribution in [0.5, 0.6) is 5.75 Å². The molecule has 3 rings (SSSR count). The van der Waals surface area contributed by atoms with Gasteiger partial charge < -0.3 is 14.8 Å². The Bertz CT molecular complexity index is 1230. The van der Waals surface area contributed by atoms with Crippen molar-refractivity contribution in [2.24, 2.45) is 0 Å². The van der Waals surface area contributed by atoms with Crippen molar-refractivity contribution in [3.8, 4) is 5.75 Å². The number of phenolic OH excluding ortho intramolecular Hbond substituents is 1. The van der Waals surface area contributed by atoms with Crippen LogP contribution < -0.4 is 5.43 Å². The summed E-state index contributed by atoms with van der Waals surface area (Å²) in [6.07, 6.45) is -4.59. The number of alkyl halides is 3. The van der Waals surface area contributed by atoms with Crippen molar-refractivity contribution in [2.75, 3.05) is 0 Å². The fraction of sp³-hybridized carbons (Fsp3) is 0.375. The van der Waals surface area contributed by atoms with Gasteiger partial charge in [0, 0.05) is 22.7 Å². The number of phenols is 1. The third kappa shape index (κ3) is 4.24. The summed E-state index contributed by atoms with van der Waals surface area (Å²) >= 11 is 0. The van der Waals surface area contributed by atoms with Crippen molar-refractivity contribution in [1.82, 2.24) is 4.57 Å². The third-order valence-electron chi connectivity index (χ3n) is 5.88. The summed E-state index contributed by atoms with van der Waals surface area (Å²) in [6.45, 7) is 5.12. The Kier molecular flexibility index (Phi) is 5.89. The van der Waals surface area contributed by atoms with Crippen LogP contribution in [0.15, 0.2) is 47.4 Å². The number of aryl methyl sites for hydroxylation is 2. The summed E-state index contributed by atoms with van der Waals surface area (Å²) in [5.41, 5.74) is -3.85. The first-order valence-corrected chi connectivity index (χ1v) is 10.0. The maximum Gasteiger partial charge on any atom is 0.418 e. The molecule has 172 valence electrons. The van der Waals surface area contributed by atoms with Gasteiger partial charge in [-0.05, 0) is 55.5 Å². The van der Waals surface area contributed by atoms with Gasteiger partial charge in [-0.2, -0.15) is 13.2 Å². The summed E-state index contributed by atoms with van der Waals surface area (Å²) in [7, 11) is 0. The topological polar surface area (TPSA) is 62.5 Å². The van der Waals surface area contributed by atoms with Crippen molar-refractivity contribution in [3.63, 3.8) is 0 Å². The van der Waals surface area contributed by atoms with Gasteiger partial charge in [-0.1, -0.05) is 26.0 Å². The van der Waals surface area contributed by atoms with Crippen LogP contribution >= 0.6 is 0 Å². The normalized spacial score (nSPS) is 14.5. The minimum Gasteiger partial charge on any atom is -0.508 e. The first-order chi connectivity index (χ1) is 14.7. The maximum absolute atomic E-state index is 14.2. The molecule has 32 heavy (non-hydrogen) atoms. The number of hydrogen-bond donors (Lipinski definition) is 2. The number of rotatable bonds is 5. The quantitative estimate of drug-likeness (QED) is 0.529. The van der Waals surface area contributed by atoms with E-state index < -0.39 is 36.0 Å². The van der Waals surface area contributed by atoms with E-state index in [-0.39, 0.29) is 27.8 Å². The highest BCUT2D eigenvalue weighted by Crippen LogP contribution is 2.44. The third-order valence-corrected chi connectivity index (χ3v) is 5.88. The Labute approximate surface area is 182 Å². The first-order valence-electron chi connectivity index (χ1n) is 10.0. The van der Waals surface area contributed by atoms with Crippen LogP contribution in [0, 0.1) is 19.7 Å². The van der Waals surface area contributed by atoms with Crippen LogP contribution in [0.1, 0.15) is 37.0 Å². The molecular weight excluding hydrogens is 426 g/mol. The van der Waals surface area contributed by atoms with E-state index in [1.54, 1.807) is 19.1 Å². The monoisotopic (exact) mass is 451 g/mol. The lowest BCUT2D eigenvalue weighted by Crippen LogP contribution is -2.52. The summed E-state index contributed by atoms with van der Waals surface area (Å²) in [4.78, 5) is 12.6. The van der Waals surface area contributed by atoms with Crippen molar-refractivity contribution in [2.45, 2.75) is 57.9 Å². The molecule has 0 radical (unpaired) electrons. The van der Waals surface area contributed by atoms with E-state index in [0.29, 0.717) is 10.9 Å². The molecule has 0 fully saturated rings. The number of aromatic hydroxyl groups is 1. The molecule has 8 heteroatoms. The molecule has 4 nitrogen and oxygen atoms in total. The highest BCUT2D eigenvalue weighted by atomic mass is 19.4. The largest absolute Gasteiger partial charge is 0.508 e. The highest BCUT2D eigenvalue weighted by molar-refractivity contribution is 5.83. The predicted molar refractivity (Wildman–Crippen MR) is 114 cm³/mol. The lowest BCUT2D eigenvalue weighted by molar-refractivity contribution is -0.271. The van der Waals surface area contributed by atoms with Gasteiger partial charge in [0.15, 0.2) is 11.0 Å². The Hall–Kier alpha value is -2.87. The zero-order valence-electron chi connectivity index (χ0n) is 18.2. The molecule has 1 heterocycles. The average molecular weight is 451 g/mol. The summed E-state index contributed by atoms with van der Waals surface area (Å²) in [5.74, 6) is -1.07. The number of aromatic nitrogens is 1. The zero-order chi connectivity index (χ0) is 24.1. The van der Waals surface area contributed by atoms with E-state index in [4.69, 9.17) is 0 Å². The summed E-state index contributed by atoms with van der Waals surface area (Å²) < 4.78 is 57.6. The van der Waals surface area contributed by atoms with E-state index >= 15 is 0 Å². The molecule has 1 aromatic heterocycles. The lowest BCUT2D eigenvalue weighted by atomic mass is 9.74. The molecule has 0 saturated carbocycles. The van der Waals surface area contributed by atoms with E-state index in [9.17, 15) is 32.6 Å². The van der Waals surface area contributed by atoms with Gasteiger partial charge in [0.1, 0.15) is 11.6 Å². The number of nitrogens with zero attached hydrogens (tertiary/aromatic N) is 1. The van der Waals surface area contributed by atoms with E-state index in [1.165, 1.54) is 37.6 Å². The molecule has 0 aliphatic heterocycles. The SMILES string of the molecule is Cc1cn(CC(O)(CC(C)(C)c2cc(F)ccc2O)C(F)(F)F)c2cccc(C)c2c1=O. The highest BCUT2D eigenvalue weighted by Gasteiger charge is 2.56. The molecule has 2 aromatic carbocycles. The van der Waals surface area contributed by atoms with Crippen LogP contribution in [-0.4, -0.2) is 26.6 Å². The smallest absolute Gasteiger partial charge is 0.418 e. The van der Waals surface area contributed by atoms with Crippen LogP contribution in [0.3, 0.4) is 0 Å². The maximum atomic E-state index is 14.2. The van der Waals surface area contributed by atoms with Crippen molar-refractivity contribution < 1.29 is 27.8 Å². The van der Waals surface area contributed by atoms with Crippen LogP contribution in [0.4, 0.5) is 17.6 Å². The number of aliphatic hydroxyl groups is 1. The Balaban J connectivity index is 2.14. The Morgan fingerprint density at radius 2 is 1.69 bits per heavy atom.